The van der Waals surface area contributed by atoms with Gasteiger partial charge in [0, 0.05) is 11.9 Å². The summed E-state index contributed by atoms with van der Waals surface area (Å²) in [5.41, 5.74) is 7.57. The van der Waals surface area contributed by atoms with E-state index in [1.54, 1.807) is 0 Å². The molecule has 0 saturated carbocycles. The van der Waals surface area contributed by atoms with E-state index in [1.165, 1.54) is 38.4 Å². The van der Waals surface area contributed by atoms with Crippen molar-refractivity contribution in [2.75, 3.05) is 14.1 Å². The first kappa shape index (κ1) is 33.0. The molecule has 3 nitrogen and oxygen atoms in total. The maximum Gasteiger partial charge on any atom is 3.00 e. The van der Waals surface area contributed by atoms with Gasteiger partial charge in [0.1, 0.15) is 0 Å². The molecule has 0 fully saturated rings. The van der Waals surface area contributed by atoms with Gasteiger partial charge in [-0.2, -0.15) is 0 Å². The maximum absolute atomic E-state index is 4.81. The van der Waals surface area contributed by atoms with Crippen LogP contribution in [0.15, 0.2) is 85.1 Å². The third-order valence-electron chi connectivity index (χ3n) is 7.98. The molecule has 5 aromatic rings. The fourth-order valence-electron chi connectivity index (χ4n) is 6.11. The van der Waals surface area contributed by atoms with Gasteiger partial charge in [0.25, 0.3) is 0 Å². The van der Waals surface area contributed by atoms with Crippen molar-refractivity contribution in [2.45, 2.75) is 65.5 Å². The molecule has 6 rings (SSSR count). The first-order valence-electron chi connectivity index (χ1n) is 15.2. The van der Waals surface area contributed by atoms with Crippen LogP contribution in [-0.2, 0) is 31.9 Å². The number of aromatic nitrogens is 1. The molecule has 0 aliphatic heterocycles. The number of likely N-dealkylation sites (N-methyl/N-ethyl adjacent to an activating group) is 1. The quantitative estimate of drug-likeness (QED) is 0.155. The van der Waals surface area contributed by atoms with E-state index in [-0.39, 0.29) is 31.6 Å². The Morgan fingerprint density at radius 2 is 1.56 bits per heavy atom. The smallest absolute Gasteiger partial charge is 0.679 e. The SMILES string of the molecule is CC(C)Cc1cc2c3c(nccc3c1)-c1[c-]c3ccccc3cc1C2(C)C.CC(C)[N-]C([CH-]N(C)C)c1ccccc1.[Ir+3]. The van der Waals surface area contributed by atoms with Crippen LogP contribution in [0.5, 0.6) is 0 Å². The third-order valence-corrected chi connectivity index (χ3v) is 7.98. The Hall–Kier alpha value is -2.88. The van der Waals surface area contributed by atoms with Crippen molar-refractivity contribution in [1.29, 1.82) is 0 Å². The summed E-state index contributed by atoms with van der Waals surface area (Å²) in [7, 11) is 4.07. The fourth-order valence-corrected chi connectivity index (χ4v) is 6.11. The van der Waals surface area contributed by atoms with Gasteiger partial charge in [0.2, 0.25) is 0 Å². The van der Waals surface area contributed by atoms with Crippen molar-refractivity contribution < 1.29 is 20.1 Å². The zero-order valence-electron chi connectivity index (χ0n) is 26.8. The number of rotatable bonds is 7. The van der Waals surface area contributed by atoms with Gasteiger partial charge in [-0.3, -0.25) is 11.5 Å². The molecule has 1 aromatic heterocycles. The predicted molar refractivity (Wildman–Crippen MR) is 180 cm³/mol. The molecule has 1 aliphatic carbocycles. The van der Waals surface area contributed by atoms with Gasteiger partial charge < -0.3 is 10.2 Å². The zero-order chi connectivity index (χ0) is 30.0. The fraction of sp³-hybridized carbons (Fsp3) is 0.333. The molecule has 0 saturated heterocycles. The Morgan fingerprint density at radius 3 is 2.23 bits per heavy atom. The van der Waals surface area contributed by atoms with E-state index in [2.05, 4.69) is 132 Å². The zero-order valence-corrected chi connectivity index (χ0v) is 29.2. The Morgan fingerprint density at radius 1 is 0.860 bits per heavy atom. The molecule has 1 atom stereocenters. The molecule has 1 heterocycles. The summed E-state index contributed by atoms with van der Waals surface area (Å²) in [6, 6.07) is 32.4. The van der Waals surface area contributed by atoms with E-state index in [0.717, 1.165) is 23.1 Å². The van der Waals surface area contributed by atoms with Gasteiger partial charge in [-0.15, -0.1) is 29.6 Å². The van der Waals surface area contributed by atoms with Crippen molar-refractivity contribution >= 4 is 21.5 Å². The van der Waals surface area contributed by atoms with E-state index in [4.69, 9.17) is 10.3 Å². The number of hydrogen-bond acceptors (Lipinski definition) is 2. The molecule has 1 aliphatic rings. The molecule has 0 bridgehead atoms. The number of fused-ring (bicyclic) bond motifs is 3. The molecule has 0 spiro atoms. The van der Waals surface area contributed by atoms with Crippen LogP contribution in [0.2, 0.25) is 0 Å². The van der Waals surface area contributed by atoms with Crippen molar-refractivity contribution in [3.63, 3.8) is 0 Å². The van der Waals surface area contributed by atoms with Crippen LogP contribution in [0, 0.1) is 18.5 Å². The molecule has 4 heteroatoms. The Labute approximate surface area is 272 Å². The maximum atomic E-state index is 4.81. The summed E-state index contributed by atoms with van der Waals surface area (Å²) >= 11 is 0. The molecular weight excluding hydrogens is 703 g/mol. The molecule has 1 unspecified atom stereocenters. The van der Waals surface area contributed by atoms with Crippen LogP contribution in [0.1, 0.15) is 69.8 Å². The van der Waals surface area contributed by atoms with Crippen molar-refractivity contribution in [2.24, 2.45) is 5.92 Å². The van der Waals surface area contributed by atoms with Crippen LogP contribution in [0.25, 0.3) is 38.1 Å². The van der Waals surface area contributed by atoms with Crippen LogP contribution >= 0.6 is 0 Å². The van der Waals surface area contributed by atoms with Gasteiger partial charge in [-0.05, 0) is 59.8 Å². The average Bonchev–Trinajstić information content (AvgIpc) is 2.95. The third kappa shape index (κ3) is 7.27. The van der Waals surface area contributed by atoms with Gasteiger partial charge in [0.05, 0.1) is 0 Å². The summed E-state index contributed by atoms with van der Waals surface area (Å²) in [6.07, 6.45) is 3.05. The number of hydrogen-bond donors (Lipinski definition) is 0. The molecule has 0 N–H and O–H groups in total. The monoisotopic (exact) mass is 747 g/mol. The van der Waals surface area contributed by atoms with E-state index in [9.17, 15) is 0 Å². The van der Waals surface area contributed by atoms with Crippen LogP contribution < -0.4 is 0 Å². The van der Waals surface area contributed by atoms with E-state index in [1.807, 2.05) is 26.4 Å². The summed E-state index contributed by atoms with van der Waals surface area (Å²) in [5, 5.41) is 9.70. The molecule has 0 amide bonds. The Kier molecular flexibility index (Phi) is 10.6. The van der Waals surface area contributed by atoms with Crippen LogP contribution in [-0.4, -0.2) is 30.0 Å². The second-order valence-electron chi connectivity index (χ2n) is 13.0. The molecule has 0 radical (unpaired) electrons. The minimum atomic E-state index is -0.0723. The van der Waals surface area contributed by atoms with Crippen molar-refractivity contribution in [3.8, 4) is 11.3 Å². The van der Waals surface area contributed by atoms with Crippen LogP contribution in [0.3, 0.4) is 0 Å². The Bertz CT molecular complexity index is 1660. The normalized spacial score (nSPS) is 13.9. The standard InChI is InChI=1S/C26H24N.C13H20N2.Ir/c1-16(2)11-17-12-20-9-10-27-25-21-14-18-7-5-6-8-19(18)15-22(21)26(3,4)23(13-17)24(20)25;1-11(2)14-13(10-15(3)4)12-8-6-5-7-9-12;/h5-10,12-13,15-16H,11H2,1-4H3;5-11,13H,1-4H3;/q-1;-2;+3. The van der Waals surface area contributed by atoms with Crippen LogP contribution in [0.4, 0.5) is 0 Å². The minimum absolute atomic E-state index is 0. The predicted octanol–water partition coefficient (Wildman–Crippen LogP) is 9.92. The van der Waals surface area contributed by atoms with Crippen molar-refractivity contribution in [1.82, 2.24) is 9.88 Å². The second-order valence-corrected chi connectivity index (χ2v) is 13.0. The van der Waals surface area contributed by atoms with Gasteiger partial charge >= 0.3 is 20.1 Å². The Balaban J connectivity index is 0.000000228. The van der Waals surface area contributed by atoms with Gasteiger partial charge in [-0.1, -0.05) is 124 Å². The van der Waals surface area contributed by atoms with Gasteiger partial charge in [-0.25, -0.2) is 6.04 Å². The van der Waals surface area contributed by atoms with E-state index >= 15 is 0 Å². The second kappa shape index (κ2) is 13.8. The average molecular weight is 747 g/mol. The first-order chi connectivity index (χ1) is 20.0. The summed E-state index contributed by atoms with van der Waals surface area (Å²) in [5.74, 6) is 0.646. The first-order valence-corrected chi connectivity index (χ1v) is 15.2. The molecular formula is C39H44IrN3. The molecule has 4 aromatic carbocycles. The molecule has 224 valence electrons. The van der Waals surface area contributed by atoms with E-state index < -0.39 is 0 Å². The van der Waals surface area contributed by atoms with E-state index in [0.29, 0.717) is 12.0 Å². The number of pyridine rings is 1. The topological polar surface area (TPSA) is 30.2 Å². The summed E-state index contributed by atoms with van der Waals surface area (Å²) < 4.78 is 0. The van der Waals surface area contributed by atoms with Gasteiger partial charge in [0.15, 0.2) is 0 Å². The number of benzene rings is 4. The minimum Gasteiger partial charge on any atom is -0.679 e. The largest absolute Gasteiger partial charge is 3.00 e. The molecule has 43 heavy (non-hydrogen) atoms. The summed E-state index contributed by atoms with van der Waals surface area (Å²) in [6.45, 7) is 15.6. The summed E-state index contributed by atoms with van der Waals surface area (Å²) in [4.78, 5) is 6.87. The van der Waals surface area contributed by atoms with Crippen molar-refractivity contribution in [3.05, 3.63) is 125 Å². The number of nitrogens with zero attached hydrogens (tertiary/aromatic N) is 3.